The van der Waals surface area contributed by atoms with Crippen molar-refractivity contribution in [2.45, 2.75) is 23.9 Å². The SMILES string of the molecule is NC(=O)C1C(=O)ON2CC(c3ccccc3)C23OC(=O)CC1(O)C(=O)O3. The highest BCUT2D eigenvalue weighted by molar-refractivity contribution is 6.05. The van der Waals surface area contributed by atoms with Gasteiger partial charge in [-0.05, 0) is 5.56 Å². The lowest BCUT2D eigenvalue weighted by Gasteiger charge is -2.53. The van der Waals surface area contributed by atoms with Crippen LogP contribution in [0.1, 0.15) is 17.9 Å². The minimum atomic E-state index is -2.80. The number of amides is 1. The molecule has 0 radical (unpaired) electrons. The van der Waals surface area contributed by atoms with E-state index in [0.717, 1.165) is 5.06 Å². The van der Waals surface area contributed by atoms with E-state index in [1.807, 2.05) is 0 Å². The van der Waals surface area contributed by atoms with Gasteiger partial charge in [-0.25, -0.2) is 9.59 Å². The van der Waals surface area contributed by atoms with Crippen molar-refractivity contribution >= 4 is 23.8 Å². The zero-order valence-electron chi connectivity index (χ0n) is 13.3. The monoisotopic (exact) mass is 362 g/mol. The summed E-state index contributed by atoms with van der Waals surface area (Å²) in [6, 6.07) is 8.70. The highest BCUT2D eigenvalue weighted by Gasteiger charge is 2.71. The van der Waals surface area contributed by atoms with Gasteiger partial charge >= 0.3 is 23.8 Å². The molecule has 4 atom stereocenters. The van der Waals surface area contributed by atoms with Crippen molar-refractivity contribution in [3.05, 3.63) is 35.9 Å². The minimum Gasteiger partial charge on any atom is -0.405 e. The normalized spacial score (nSPS) is 36.4. The van der Waals surface area contributed by atoms with Crippen LogP contribution in [0.5, 0.6) is 0 Å². The summed E-state index contributed by atoms with van der Waals surface area (Å²) in [6.07, 6.45) is -0.967. The number of carbonyl (C=O) groups is 4. The molecule has 4 unspecified atom stereocenters. The Balaban J connectivity index is 1.83. The number of ether oxygens (including phenoxy) is 2. The van der Waals surface area contributed by atoms with Crippen LogP contribution >= 0.6 is 0 Å². The molecule has 3 saturated heterocycles. The number of hydroxylamine groups is 2. The number of rotatable bonds is 2. The predicted octanol–water partition coefficient (Wildman–Crippen LogP) is -1.47. The Labute approximate surface area is 146 Å². The first kappa shape index (κ1) is 16.5. The molecule has 2 bridgehead atoms. The Bertz CT molecular complexity index is 827. The van der Waals surface area contributed by atoms with Gasteiger partial charge in [-0.15, -0.1) is 0 Å². The van der Waals surface area contributed by atoms with Gasteiger partial charge in [0.15, 0.2) is 11.5 Å². The second-order valence-corrected chi connectivity index (χ2v) is 6.37. The first-order valence-corrected chi connectivity index (χ1v) is 7.79. The third-order valence-electron chi connectivity index (χ3n) is 4.80. The second kappa shape index (κ2) is 5.26. The fourth-order valence-corrected chi connectivity index (χ4v) is 3.48. The van der Waals surface area contributed by atoms with Crippen molar-refractivity contribution in [1.82, 2.24) is 5.06 Å². The van der Waals surface area contributed by atoms with Gasteiger partial charge in [0.25, 0.3) is 0 Å². The van der Waals surface area contributed by atoms with Gasteiger partial charge in [-0.2, -0.15) is 0 Å². The van der Waals surface area contributed by atoms with Crippen molar-refractivity contribution < 1.29 is 38.6 Å². The van der Waals surface area contributed by atoms with Crippen LogP contribution in [0, 0.1) is 5.92 Å². The molecule has 26 heavy (non-hydrogen) atoms. The van der Waals surface area contributed by atoms with E-state index < -0.39 is 53.6 Å². The van der Waals surface area contributed by atoms with Crippen molar-refractivity contribution in [1.29, 1.82) is 0 Å². The van der Waals surface area contributed by atoms with E-state index >= 15 is 0 Å². The molecule has 4 rings (SSSR count). The molecule has 1 amide bonds. The number of carbonyl (C=O) groups excluding carboxylic acids is 4. The van der Waals surface area contributed by atoms with E-state index in [0.29, 0.717) is 5.56 Å². The van der Waals surface area contributed by atoms with Crippen LogP contribution in [0.3, 0.4) is 0 Å². The summed E-state index contributed by atoms with van der Waals surface area (Å²) in [5.74, 6) is -9.77. The van der Waals surface area contributed by atoms with Gasteiger partial charge < -0.3 is 25.2 Å². The standard InChI is InChI=1S/C16H14N2O8/c17-12(20)11-13(21)26-18-7-9(8-4-2-1-3-5-8)16(18)24-10(19)6-15(11,23)14(22)25-16/h1-5,9,11,23H,6-7H2,(H2,17,20). The number of fused-ring (bicyclic) bond motifs is 2. The number of esters is 2. The van der Waals surface area contributed by atoms with Crippen LogP contribution in [0.25, 0.3) is 0 Å². The molecule has 3 fully saturated rings. The topological polar surface area (TPSA) is 145 Å². The minimum absolute atomic E-state index is 0.0419. The number of aliphatic hydroxyl groups is 1. The van der Waals surface area contributed by atoms with E-state index in [9.17, 15) is 24.3 Å². The van der Waals surface area contributed by atoms with Crippen molar-refractivity contribution in [2.24, 2.45) is 11.7 Å². The number of nitrogens with zero attached hydrogens (tertiary/aromatic N) is 1. The fourth-order valence-electron chi connectivity index (χ4n) is 3.48. The second-order valence-electron chi connectivity index (χ2n) is 6.37. The van der Waals surface area contributed by atoms with Gasteiger partial charge in [0.2, 0.25) is 5.91 Å². The van der Waals surface area contributed by atoms with Crippen LogP contribution < -0.4 is 5.73 Å². The quantitative estimate of drug-likeness (QED) is 0.476. The maximum absolute atomic E-state index is 12.6. The van der Waals surface area contributed by atoms with Gasteiger partial charge in [-0.1, -0.05) is 35.4 Å². The first-order chi connectivity index (χ1) is 12.3. The molecule has 1 aromatic rings. The van der Waals surface area contributed by atoms with Crippen molar-refractivity contribution in [3.63, 3.8) is 0 Å². The average Bonchev–Trinajstić information content (AvgIpc) is 2.65. The van der Waals surface area contributed by atoms with Crippen LogP contribution in [0.2, 0.25) is 0 Å². The van der Waals surface area contributed by atoms with Crippen molar-refractivity contribution in [2.75, 3.05) is 6.54 Å². The summed E-state index contributed by atoms with van der Waals surface area (Å²) in [7, 11) is 0. The Morgan fingerprint density at radius 3 is 2.54 bits per heavy atom. The molecule has 136 valence electrons. The Morgan fingerprint density at radius 2 is 1.88 bits per heavy atom. The average molecular weight is 362 g/mol. The maximum atomic E-state index is 12.6. The molecule has 10 nitrogen and oxygen atoms in total. The summed E-state index contributed by atoms with van der Waals surface area (Å²) in [6.45, 7) is 0.0419. The molecule has 0 saturated carbocycles. The molecule has 1 spiro atoms. The van der Waals surface area contributed by atoms with Gasteiger partial charge in [-0.3, -0.25) is 9.59 Å². The van der Waals surface area contributed by atoms with E-state index in [1.165, 1.54) is 0 Å². The zero-order valence-corrected chi connectivity index (χ0v) is 13.3. The van der Waals surface area contributed by atoms with E-state index in [1.54, 1.807) is 30.3 Å². The third-order valence-corrected chi connectivity index (χ3v) is 4.80. The number of hydrogen-bond acceptors (Lipinski definition) is 9. The van der Waals surface area contributed by atoms with Gasteiger partial charge in [0.05, 0.1) is 18.9 Å². The number of hydrogen-bond donors (Lipinski definition) is 2. The molecule has 3 aliphatic rings. The molecule has 0 aliphatic carbocycles. The highest BCUT2D eigenvalue weighted by Crippen LogP contribution is 2.50. The lowest BCUT2D eigenvalue weighted by Crippen LogP contribution is -2.72. The van der Waals surface area contributed by atoms with Gasteiger partial charge in [0.1, 0.15) is 0 Å². The largest absolute Gasteiger partial charge is 0.405 e. The van der Waals surface area contributed by atoms with E-state index in [4.69, 9.17) is 20.0 Å². The van der Waals surface area contributed by atoms with Crippen LogP contribution in [-0.4, -0.2) is 52.0 Å². The highest BCUT2D eigenvalue weighted by atomic mass is 16.9. The summed E-state index contributed by atoms with van der Waals surface area (Å²) in [5.41, 5.74) is 3.01. The maximum Gasteiger partial charge on any atom is 0.360 e. The smallest absolute Gasteiger partial charge is 0.360 e. The Morgan fingerprint density at radius 1 is 1.19 bits per heavy atom. The molecule has 3 heterocycles. The lowest BCUT2D eigenvalue weighted by molar-refractivity contribution is -0.428. The predicted molar refractivity (Wildman–Crippen MR) is 79.1 cm³/mol. The fraction of sp³-hybridized carbons (Fsp3) is 0.375. The van der Waals surface area contributed by atoms with Crippen LogP contribution in [0.15, 0.2) is 30.3 Å². The van der Waals surface area contributed by atoms with Crippen LogP contribution in [-0.2, 0) is 33.5 Å². The number of nitrogens with two attached hydrogens (primary N) is 1. The van der Waals surface area contributed by atoms with Crippen LogP contribution in [0.4, 0.5) is 0 Å². The number of benzene rings is 1. The molecule has 10 heteroatoms. The van der Waals surface area contributed by atoms with E-state index in [2.05, 4.69) is 0 Å². The number of primary amides is 1. The molecule has 0 aromatic heterocycles. The Kier molecular flexibility index (Phi) is 3.33. The van der Waals surface area contributed by atoms with Crippen molar-refractivity contribution in [3.8, 4) is 0 Å². The molecule has 3 N–H and O–H groups in total. The van der Waals surface area contributed by atoms with E-state index in [-0.39, 0.29) is 6.54 Å². The Hall–Kier alpha value is -2.98. The lowest BCUT2D eigenvalue weighted by atomic mass is 9.83. The molecule has 1 aromatic carbocycles. The third kappa shape index (κ3) is 2.06. The first-order valence-electron chi connectivity index (χ1n) is 7.79. The molecular weight excluding hydrogens is 348 g/mol. The molecular formula is C16H14N2O8. The summed E-state index contributed by atoms with van der Waals surface area (Å²) in [4.78, 5) is 53.9. The summed E-state index contributed by atoms with van der Waals surface area (Å²) in [5, 5.41) is 11.5. The molecule has 3 aliphatic heterocycles. The zero-order chi connectivity index (χ0) is 18.7. The summed E-state index contributed by atoms with van der Waals surface area (Å²) < 4.78 is 10.6. The summed E-state index contributed by atoms with van der Waals surface area (Å²) >= 11 is 0. The van der Waals surface area contributed by atoms with Gasteiger partial charge in [0, 0.05) is 0 Å².